The molecule has 1 aromatic heterocycles. The Hall–Kier alpha value is -2.02. The Labute approximate surface area is 121 Å². The van der Waals surface area contributed by atoms with E-state index in [1.54, 1.807) is 12.1 Å². The van der Waals surface area contributed by atoms with Gasteiger partial charge in [-0.15, -0.1) is 10.2 Å². The molecule has 0 radical (unpaired) electrons. The molecule has 1 aromatic carbocycles. The molecule has 0 spiro atoms. The average Bonchev–Trinajstić information content (AvgIpc) is 2.73. The van der Waals surface area contributed by atoms with Crippen molar-refractivity contribution in [3.05, 3.63) is 30.1 Å². The number of nitrogens with one attached hydrogen (secondary N) is 1. The van der Waals surface area contributed by atoms with Crippen LogP contribution in [0.25, 0.3) is 0 Å². The molecule has 0 saturated heterocycles. The maximum Gasteiger partial charge on any atom is 0.225 e. The molecule has 1 amide bonds. The summed E-state index contributed by atoms with van der Waals surface area (Å²) in [6, 6.07) is 7.21. The van der Waals surface area contributed by atoms with E-state index in [0.717, 1.165) is 11.0 Å². The predicted octanol–water partition coefficient (Wildman–Crippen LogP) is 1.83. The normalized spacial score (nSPS) is 10.5. The van der Waals surface area contributed by atoms with Crippen LogP contribution in [0.5, 0.6) is 0 Å². The summed E-state index contributed by atoms with van der Waals surface area (Å²) in [5, 5.41) is 11.6. The molecule has 106 valence electrons. The fourth-order valence-corrected chi connectivity index (χ4v) is 2.47. The van der Waals surface area contributed by atoms with Gasteiger partial charge < -0.3 is 15.6 Å². The fraction of sp³-hybridized carbons (Fsp3) is 0.308. The van der Waals surface area contributed by atoms with Gasteiger partial charge in [-0.2, -0.15) is 0 Å². The molecule has 2 rings (SSSR count). The highest BCUT2D eigenvalue weighted by Gasteiger charge is 2.08. The Morgan fingerprint density at radius 2 is 2.15 bits per heavy atom. The van der Waals surface area contributed by atoms with E-state index in [1.807, 2.05) is 30.7 Å². The minimum Gasteiger partial charge on any atom is -0.397 e. The Balaban J connectivity index is 1.81. The molecule has 3 N–H and O–H groups in total. The van der Waals surface area contributed by atoms with Crippen LogP contribution in [-0.2, 0) is 11.8 Å². The second kappa shape index (κ2) is 6.42. The summed E-state index contributed by atoms with van der Waals surface area (Å²) in [6.45, 7) is 1.89. The van der Waals surface area contributed by atoms with Crippen molar-refractivity contribution in [2.45, 2.75) is 18.5 Å². The standard InChI is InChI=1S/C13H17N5OS/c1-9-16-17-13(18(9)2)20-8-7-12(19)15-11-6-4-3-5-10(11)14/h3-6H,7-8,14H2,1-2H3,(H,15,19). The van der Waals surface area contributed by atoms with Crippen LogP contribution in [0.4, 0.5) is 11.4 Å². The monoisotopic (exact) mass is 291 g/mol. The maximum atomic E-state index is 11.8. The van der Waals surface area contributed by atoms with E-state index in [0.29, 0.717) is 23.5 Å². The summed E-state index contributed by atoms with van der Waals surface area (Å²) in [7, 11) is 1.91. The lowest BCUT2D eigenvalue weighted by molar-refractivity contribution is -0.115. The molecule has 2 aromatic rings. The Morgan fingerprint density at radius 1 is 1.40 bits per heavy atom. The number of hydrogen-bond acceptors (Lipinski definition) is 5. The van der Waals surface area contributed by atoms with Gasteiger partial charge >= 0.3 is 0 Å². The summed E-state index contributed by atoms with van der Waals surface area (Å²) in [5.41, 5.74) is 6.99. The van der Waals surface area contributed by atoms with Crippen LogP contribution in [0, 0.1) is 6.92 Å². The van der Waals surface area contributed by atoms with Crippen molar-refractivity contribution in [1.29, 1.82) is 0 Å². The van der Waals surface area contributed by atoms with E-state index in [9.17, 15) is 4.79 Å². The predicted molar refractivity (Wildman–Crippen MR) is 80.6 cm³/mol. The number of carbonyl (C=O) groups is 1. The van der Waals surface area contributed by atoms with Crippen molar-refractivity contribution < 1.29 is 4.79 Å². The first kappa shape index (κ1) is 14.4. The third-order valence-corrected chi connectivity index (χ3v) is 3.87. The minimum absolute atomic E-state index is 0.0608. The van der Waals surface area contributed by atoms with Gasteiger partial charge in [0.1, 0.15) is 5.82 Å². The van der Waals surface area contributed by atoms with Crippen LogP contribution in [0.15, 0.2) is 29.4 Å². The van der Waals surface area contributed by atoms with Gasteiger partial charge in [0.2, 0.25) is 5.91 Å². The highest BCUT2D eigenvalue weighted by molar-refractivity contribution is 7.99. The van der Waals surface area contributed by atoms with Gasteiger partial charge in [-0.05, 0) is 19.1 Å². The number of amides is 1. The molecular weight excluding hydrogens is 274 g/mol. The number of hydrogen-bond donors (Lipinski definition) is 2. The molecule has 6 nitrogen and oxygen atoms in total. The van der Waals surface area contributed by atoms with Crippen molar-refractivity contribution in [2.24, 2.45) is 7.05 Å². The van der Waals surface area contributed by atoms with Crippen LogP contribution in [0.1, 0.15) is 12.2 Å². The van der Waals surface area contributed by atoms with E-state index < -0.39 is 0 Å². The number of nitrogen functional groups attached to an aromatic ring is 1. The zero-order chi connectivity index (χ0) is 14.5. The first-order valence-electron chi connectivity index (χ1n) is 6.21. The van der Waals surface area contributed by atoms with Gasteiger partial charge in [-0.3, -0.25) is 4.79 Å². The van der Waals surface area contributed by atoms with Crippen molar-refractivity contribution in [1.82, 2.24) is 14.8 Å². The molecule has 7 heteroatoms. The third kappa shape index (κ3) is 3.51. The lowest BCUT2D eigenvalue weighted by Gasteiger charge is -2.07. The van der Waals surface area contributed by atoms with Crippen LogP contribution in [-0.4, -0.2) is 26.4 Å². The van der Waals surface area contributed by atoms with Crippen LogP contribution < -0.4 is 11.1 Å². The first-order chi connectivity index (χ1) is 9.58. The van der Waals surface area contributed by atoms with E-state index in [1.165, 1.54) is 11.8 Å². The summed E-state index contributed by atoms with van der Waals surface area (Å²) in [4.78, 5) is 11.8. The summed E-state index contributed by atoms with van der Waals surface area (Å²) < 4.78 is 1.90. The van der Waals surface area contributed by atoms with Crippen molar-refractivity contribution in [3.63, 3.8) is 0 Å². The number of nitrogens with zero attached hydrogens (tertiary/aromatic N) is 3. The van der Waals surface area contributed by atoms with E-state index >= 15 is 0 Å². The van der Waals surface area contributed by atoms with Crippen molar-refractivity contribution >= 4 is 29.0 Å². The highest BCUT2D eigenvalue weighted by atomic mass is 32.2. The molecule has 20 heavy (non-hydrogen) atoms. The fourth-order valence-electron chi connectivity index (χ4n) is 1.57. The third-order valence-electron chi connectivity index (χ3n) is 2.85. The Bertz CT molecular complexity index is 611. The first-order valence-corrected chi connectivity index (χ1v) is 7.19. The number of anilines is 2. The number of rotatable bonds is 5. The molecule has 0 atom stereocenters. The number of benzene rings is 1. The lowest BCUT2D eigenvalue weighted by atomic mass is 10.2. The van der Waals surface area contributed by atoms with Crippen molar-refractivity contribution in [3.8, 4) is 0 Å². The summed E-state index contributed by atoms with van der Waals surface area (Å²) in [6.07, 6.45) is 0.394. The maximum absolute atomic E-state index is 11.8. The van der Waals surface area contributed by atoms with Gasteiger partial charge in [-0.25, -0.2) is 0 Å². The zero-order valence-electron chi connectivity index (χ0n) is 11.5. The number of aryl methyl sites for hydroxylation is 1. The smallest absolute Gasteiger partial charge is 0.225 e. The van der Waals surface area contributed by atoms with Gasteiger partial charge in [0.25, 0.3) is 0 Å². The molecule has 0 aliphatic heterocycles. The average molecular weight is 291 g/mol. The molecule has 0 fully saturated rings. The van der Waals surface area contributed by atoms with E-state index in [4.69, 9.17) is 5.73 Å². The second-order valence-corrected chi connectivity index (χ2v) is 5.38. The number of aromatic nitrogens is 3. The largest absolute Gasteiger partial charge is 0.397 e. The SMILES string of the molecule is Cc1nnc(SCCC(=O)Nc2ccccc2N)n1C. The molecule has 0 aliphatic carbocycles. The highest BCUT2D eigenvalue weighted by Crippen LogP contribution is 2.19. The number of para-hydroxylation sites is 2. The van der Waals surface area contributed by atoms with Gasteiger partial charge in [0, 0.05) is 19.2 Å². The quantitative estimate of drug-likeness (QED) is 0.648. The zero-order valence-corrected chi connectivity index (χ0v) is 12.3. The van der Waals surface area contributed by atoms with Crippen LogP contribution in [0.2, 0.25) is 0 Å². The minimum atomic E-state index is -0.0608. The number of thioether (sulfide) groups is 1. The Kier molecular flexibility index (Phi) is 4.62. The van der Waals surface area contributed by atoms with E-state index in [2.05, 4.69) is 15.5 Å². The molecule has 0 bridgehead atoms. The summed E-state index contributed by atoms with van der Waals surface area (Å²) in [5.74, 6) is 1.44. The van der Waals surface area contributed by atoms with Gasteiger partial charge in [0.15, 0.2) is 5.16 Å². The van der Waals surface area contributed by atoms with Crippen LogP contribution >= 0.6 is 11.8 Å². The molecular formula is C13H17N5OS. The van der Waals surface area contributed by atoms with Crippen LogP contribution in [0.3, 0.4) is 0 Å². The van der Waals surface area contributed by atoms with Crippen molar-refractivity contribution in [2.75, 3.05) is 16.8 Å². The van der Waals surface area contributed by atoms with Gasteiger partial charge in [0.05, 0.1) is 11.4 Å². The lowest BCUT2D eigenvalue weighted by Crippen LogP contribution is -2.13. The molecule has 1 heterocycles. The summed E-state index contributed by atoms with van der Waals surface area (Å²) >= 11 is 1.51. The topological polar surface area (TPSA) is 85.8 Å². The molecule has 0 aliphatic rings. The molecule has 0 unspecified atom stereocenters. The molecule has 0 saturated carbocycles. The number of carbonyl (C=O) groups excluding carboxylic acids is 1. The second-order valence-electron chi connectivity index (χ2n) is 4.32. The van der Waals surface area contributed by atoms with E-state index in [-0.39, 0.29) is 5.91 Å². The van der Waals surface area contributed by atoms with Gasteiger partial charge in [-0.1, -0.05) is 23.9 Å². The number of nitrogens with two attached hydrogens (primary N) is 1. The Morgan fingerprint density at radius 3 is 2.80 bits per heavy atom.